The van der Waals surface area contributed by atoms with E-state index in [2.05, 4.69) is 15.7 Å². The lowest BCUT2D eigenvalue weighted by atomic mass is 10.1. The number of H-pyrrole nitrogens is 1. The van der Waals surface area contributed by atoms with Gasteiger partial charge in [-0.1, -0.05) is 18.2 Å². The van der Waals surface area contributed by atoms with Crippen molar-refractivity contribution in [2.45, 2.75) is 25.8 Å². The molecule has 1 atom stereocenters. The van der Waals surface area contributed by atoms with Gasteiger partial charge in [-0.2, -0.15) is 0 Å². The Balaban J connectivity index is 0.000000628. The van der Waals surface area contributed by atoms with Crippen molar-refractivity contribution in [2.24, 2.45) is 5.73 Å². The molecule has 4 rings (SSSR count). The van der Waals surface area contributed by atoms with Crippen LogP contribution >= 0.6 is 0 Å². The second-order valence-electron chi connectivity index (χ2n) is 7.37. The summed E-state index contributed by atoms with van der Waals surface area (Å²) in [4.78, 5) is 45.0. The minimum absolute atomic E-state index is 0.0295. The largest absolute Gasteiger partial charge is 0.394 e. The number of anilines is 2. The van der Waals surface area contributed by atoms with E-state index >= 15 is 0 Å². The van der Waals surface area contributed by atoms with Crippen molar-refractivity contribution in [1.82, 2.24) is 9.97 Å². The number of carbonyl (C=O) groups is 2. The summed E-state index contributed by atoms with van der Waals surface area (Å²) in [6.45, 7) is 3.70. The Morgan fingerprint density at radius 2 is 1.97 bits per heavy atom. The first-order valence-corrected chi connectivity index (χ1v) is 10.1. The maximum atomic E-state index is 13.0. The topological polar surface area (TPSA) is 142 Å². The zero-order valence-electron chi connectivity index (χ0n) is 17.4. The summed E-state index contributed by atoms with van der Waals surface area (Å²) in [5.74, 6) is 0.363. The van der Waals surface area contributed by atoms with Crippen molar-refractivity contribution in [2.75, 3.05) is 42.7 Å². The van der Waals surface area contributed by atoms with Gasteiger partial charge in [-0.25, -0.2) is 4.98 Å². The number of para-hydroxylation sites is 1. The highest BCUT2D eigenvalue weighted by Crippen LogP contribution is 2.32. The lowest BCUT2D eigenvalue weighted by Gasteiger charge is -2.28. The molecule has 0 radical (unpaired) electrons. The van der Waals surface area contributed by atoms with Gasteiger partial charge >= 0.3 is 0 Å². The summed E-state index contributed by atoms with van der Waals surface area (Å²) >= 11 is 0. The summed E-state index contributed by atoms with van der Waals surface area (Å²) in [5, 5.41) is 9.70. The van der Waals surface area contributed by atoms with Crippen LogP contribution in [0.4, 0.5) is 11.5 Å². The highest BCUT2D eigenvalue weighted by Gasteiger charge is 2.33. The second kappa shape index (κ2) is 10.2. The number of aliphatic hydroxyl groups is 1. The molecule has 31 heavy (non-hydrogen) atoms. The number of nitrogens with one attached hydrogen (secondary N) is 1. The number of aromatic amines is 1. The number of benzene rings is 1. The van der Waals surface area contributed by atoms with E-state index in [1.807, 2.05) is 29.2 Å². The minimum Gasteiger partial charge on any atom is -0.394 e. The number of rotatable bonds is 4. The molecular formula is C21H27N5O5. The average Bonchev–Trinajstić information content (AvgIpc) is 3.12. The van der Waals surface area contributed by atoms with Crippen LogP contribution in [0.5, 0.6) is 0 Å². The number of nitrogens with two attached hydrogens (primary N) is 1. The van der Waals surface area contributed by atoms with Crippen molar-refractivity contribution in [3.8, 4) is 0 Å². The van der Waals surface area contributed by atoms with Crippen LogP contribution in [0.15, 0.2) is 35.1 Å². The quantitative estimate of drug-likeness (QED) is 0.600. The molecule has 0 saturated carbocycles. The summed E-state index contributed by atoms with van der Waals surface area (Å²) in [7, 11) is 0. The van der Waals surface area contributed by atoms with Gasteiger partial charge in [-0.3, -0.25) is 14.4 Å². The second-order valence-corrected chi connectivity index (χ2v) is 7.37. The fourth-order valence-electron chi connectivity index (χ4n) is 3.71. The third-order valence-electron chi connectivity index (χ3n) is 4.98. The molecule has 2 aromatic rings. The van der Waals surface area contributed by atoms with Crippen molar-refractivity contribution in [3.63, 3.8) is 0 Å². The number of aliphatic hydroxyl groups excluding tert-OH is 1. The molecule has 2 aliphatic rings. The number of ether oxygens (including phenoxy) is 1. The Labute approximate surface area is 179 Å². The van der Waals surface area contributed by atoms with Crippen molar-refractivity contribution >= 4 is 23.3 Å². The first kappa shape index (κ1) is 22.4. The van der Waals surface area contributed by atoms with E-state index in [1.165, 1.54) is 13.0 Å². The van der Waals surface area contributed by atoms with E-state index in [0.717, 1.165) is 11.3 Å². The van der Waals surface area contributed by atoms with E-state index in [1.54, 1.807) is 4.90 Å². The zero-order valence-corrected chi connectivity index (χ0v) is 17.4. The van der Waals surface area contributed by atoms with Crippen molar-refractivity contribution < 1.29 is 19.4 Å². The number of morpholine rings is 1. The standard InChI is InChI=1S/C19H22N4O4.C2H5NO/c24-12-14-9-13-3-1-2-4-15(13)23(14)19(26)10-16-20-17(11-18(25)21-16)22-5-7-27-8-6-22;1-2(3)4/h1-4,11,14,24H,5-10,12H2,(H,20,21,25);1H3,(H2,3,4). The van der Waals surface area contributed by atoms with E-state index in [0.29, 0.717) is 44.4 Å². The summed E-state index contributed by atoms with van der Waals surface area (Å²) in [6.07, 6.45) is 0.592. The number of carbonyl (C=O) groups excluding carboxylic acids is 2. The van der Waals surface area contributed by atoms with Crippen LogP contribution in [0, 0.1) is 0 Å². The van der Waals surface area contributed by atoms with Crippen LogP contribution in [-0.2, 0) is 27.2 Å². The van der Waals surface area contributed by atoms with Gasteiger partial charge in [0.2, 0.25) is 11.8 Å². The third-order valence-corrected chi connectivity index (χ3v) is 4.98. The molecule has 10 heteroatoms. The van der Waals surface area contributed by atoms with Gasteiger partial charge in [0, 0.05) is 31.8 Å². The van der Waals surface area contributed by atoms with E-state index in [9.17, 15) is 19.5 Å². The van der Waals surface area contributed by atoms with Crippen LogP contribution in [0.25, 0.3) is 0 Å². The third kappa shape index (κ3) is 5.68. The highest BCUT2D eigenvalue weighted by atomic mass is 16.5. The number of fused-ring (bicyclic) bond motifs is 1. The van der Waals surface area contributed by atoms with E-state index < -0.39 is 0 Å². The Hall–Kier alpha value is -3.24. The van der Waals surface area contributed by atoms with Crippen molar-refractivity contribution in [1.29, 1.82) is 0 Å². The summed E-state index contributed by atoms with van der Waals surface area (Å²) in [6, 6.07) is 8.79. The molecule has 1 aromatic heterocycles. The van der Waals surface area contributed by atoms with Gasteiger partial charge in [0.05, 0.1) is 32.3 Å². The fourth-order valence-corrected chi connectivity index (χ4v) is 3.71. The molecular weight excluding hydrogens is 402 g/mol. The lowest BCUT2D eigenvalue weighted by molar-refractivity contribution is -0.118. The fraction of sp³-hybridized carbons (Fsp3) is 0.429. The molecule has 0 aliphatic carbocycles. The van der Waals surface area contributed by atoms with Crippen LogP contribution in [0.2, 0.25) is 0 Å². The smallest absolute Gasteiger partial charge is 0.252 e. The Morgan fingerprint density at radius 3 is 2.65 bits per heavy atom. The lowest BCUT2D eigenvalue weighted by Crippen LogP contribution is -2.41. The summed E-state index contributed by atoms with van der Waals surface area (Å²) < 4.78 is 5.33. The Morgan fingerprint density at radius 1 is 1.29 bits per heavy atom. The minimum atomic E-state index is -0.333. The summed E-state index contributed by atoms with van der Waals surface area (Å²) in [5.41, 5.74) is 6.04. The maximum absolute atomic E-state index is 13.0. The number of nitrogens with zero attached hydrogens (tertiary/aromatic N) is 3. The monoisotopic (exact) mass is 429 g/mol. The number of primary amides is 1. The molecule has 2 amide bonds. The molecule has 10 nitrogen and oxygen atoms in total. The molecule has 2 aliphatic heterocycles. The van der Waals surface area contributed by atoms with Gasteiger partial charge in [0.15, 0.2) is 0 Å². The van der Waals surface area contributed by atoms with Gasteiger partial charge in [-0.15, -0.1) is 0 Å². The van der Waals surface area contributed by atoms with Crippen molar-refractivity contribution in [3.05, 3.63) is 52.1 Å². The first-order chi connectivity index (χ1) is 14.9. The molecule has 1 aromatic carbocycles. The van der Waals surface area contributed by atoms with E-state index in [-0.39, 0.29) is 36.4 Å². The maximum Gasteiger partial charge on any atom is 0.252 e. The Bertz CT molecular complexity index is 982. The van der Waals surface area contributed by atoms with Gasteiger partial charge in [-0.05, 0) is 18.1 Å². The zero-order chi connectivity index (χ0) is 22.4. The van der Waals surface area contributed by atoms with E-state index in [4.69, 9.17) is 4.74 Å². The molecule has 3 heterocycles. The number of aromatic nitrogens is 2. The molecule has 1 saturated heterocycles. The predicted molar refractivity (Wildman–Crippen MR) is 115 cm³/mol. The molecule has 1 unspecified atom stereocenters. The normalized spacial score (nSPS) is 17.5. The van der Waals surface area contributed by atoms with Gasteiger partial charge in [0.25, 0.3) is 5.56 Å². The first-order valence-electron chi connectivity index (χ1n) is 10.1. The van der Waals surface area contributed by atoms with Crippen LogP contribution < -0.4 is 21.1 Å². The number of hydrogen-bond acceptors (Lipinski definition) is 7. The van der Waals surface area contributed by atoms with Gasteiger partial charge < -0.3 is 30.4 Å². The van der Waals surface area contributed by atoms with Crippen LogP contribution in [0.1, 0.15) is 18.3 Å². The highest BCUT2D eigenvalue weighted by molar-refractivity contribution is 5.97. The predicted octanol–water partition coefficient (Wildman–Crippen LogP) is -0.409. The molecule has 4 N–H and O–H groups in total. The molecule has 166 valence electrons. The van der Waals surface area contributed by atoms with Crippen LogP contribution in [0.3, 0.4) is 0 Å². The molecule has 0 bridgehead atoms. The van der Waals surface area contributed by atoms with Gasteiger partial charge in [0.1, 0.15) is 11.6 Å². The number of hydrogen-bond donors (Lipinski definition) is 3. The number of amides is 2. The molecule has 0 spiro atoms. The SMILES string of the molecule is CC(N)=O.O=C(Cc1nc(N2CCOCC2)cc(=O)[nH]1)N1c2ccccc2CC1CO. The molecule has 1 fully saturated rings. The average molecular weight is 429 g/mol. The Kier molecular flexibility index (Phi) is 7.37. The van der Waals surface area contributed by atoms with Crippen LogP contribution in [-0.4, -0.2) is 65.8 Å².